The molecule has 0 unspecified atom stereocenters. The van der Waals surface area contributed by atoms with Gasteiger partial charge in [0.15, 0.2) is 0 Å². The Bertz CT molecular complexity index is 759. The molecule has 0 amide bonds. The van der Waals surface area contributed by atoms with Gasteiger partial charge in [0, 0.05) is 10.6 Å². The number of hydrogen-bond acceptors (Lipinski definition) is 5. The Hall–Kier alpha value is -1.89. The molecule has 0 radical (unpaired) electrons. The van der Waals surface area contributed by atoms with Crippen molar-refractivity contribution in [2.45, 2.75) is 11.0 Å². The van der Waals surface area contributed by atoms with Crippen molar-refractivity contribution in [2.24, 2.45) is 0 Å². The van der Waals surface area contributed by atoms with Gasteiger partial charge in [0.05, 0.1) is 12.0 Å². The van der Waals surface area contributed by atoms with Crippen LogP contribution in [-0.4, -0.2) is 21.5 Å². The highest BCUT2D eigenvalue weighted by atomic mass is 35.5. The maximum absolute atomic E-state index is 12.3. The molecule has 5 nitrogen and oxygen atoms in total. The maximum atomic E-state index is 12.3. The first-order valence-corrected chi connectivity index (χ1v) is 8.05. The van der Waals surface area contributed by atoms with Gasteiger partial charge < -0.3 is 4.74 Å². The number of esters is 1. The predicted molar refractivity (Wildman–Crippen MR) is 80.9 cm³/mol. The van der Waals surface area contributed by atoms with Crippen LogP contribution < -0.4 is 0 Å². The first-order chi connectivity index (χ1) is 10.5. The summed E-state index contributed by atoms with van der Waals surface area (Å²) < 4.78 is 34.2. The average molecular weight is 341 g/mol. The molecule has 2 aromatic carbocycles. The molecule has 0 aliphatic heterocycles. The van der Waals surface area contributed by atoms with Gasteiger partial charge in [-0.05, 0) is 18.2 Å². The monoisotopic (exact) mass is 340 g/mol. The normalized spacial score (nSPS) is 12.6. The molecule has 0 fully saturated rings. The van der Waals surface area contributed by atoms with Gasteiger partial charge in [-0.25, -0.2) is 8.98 Å². The topological polar surface area (TPSA) is 69.7 Å². The van der Waals surface area contributed by atoms with E-state index in [1.807, 2.05) is 0 Å². The largest absolute Gasteiger partial charge is 0.467 e. The van der Waals surface area contributed by atoms with Crippen LogP contribution in [0.5, 0.6) is 0 Å². The Balaban J connectivity index is 2.41. The fraction of sp³-hybridized carbons (Fsp3) is 0.133. The van der Waals surface area contributed by atoms with E-state index in [0.29, 0.717) is 0 Å². The summed E-state index contributed by atoms with van der Waals surface area (Å²) in [6.07, 6.45) is -1.47. The molecular formula is C15H13ClO5S. The molecule has 0 saturated heterocycles. The molecule has 2 aromatic rings. The fourth-order valence-electron chi connectivity index (χ4n) is 1.78. The van der Waals surface area contributed by atoms with E-state index in [9.17, 15) is 13.2 Å². The summed E-state index contributed by atoms with van der Waals surface area (Å²) in [5.74, 6) is -0.854. The number of carbonyl (C=O) groups excluding carboxylic acids is 1. The van der Waals surface area contributed by atoms with Crippen molar-refractivity contribution < 1.29 is 22.1 Å². The van der Waals surface area contributed by atoms with Gasteiger partial charge in [0.2, 0.25) is 6.10 Å². The first-order valence-electron chi connectivity index (χ1n) is 6.26. The van der Waals surface area contributed by atoms with Crippen LogP contribution in [0.3, 0.4) is 0 Å². The number of halogens is 1. The summed E-state index contributed by atoms with van der Waals surface area (Å²) in [4.78, 5) is 11.8. The summed E-state index contributed by atoms with van der Waals surface area (Å²) in [6, 6.07) is 13.8. The molecule has 0 aliphatic carbocycles. The lowest BCUT2D eigenvalue weighted by molar-refractivity contribution is -0.149. The minimum atomic E-state index is -4.14. The molecule has 0 aromatic heterocycles. The molecule has 7 heteroatoms. The van der Waals surface area contributed by atoms with Crippen LogP contribution in [0.15, 0.2) is 59.5 Å². The van der Waals surface area contributed by atoms with E-state index in [1.54, 1.807) is 30.3 Å². The van der Waals surface area contributed by atoms with Crippen LogP contribution in [0.2, 0.25) is 5.02 Å². The highest BCUT2D eigenvalue weighted by Crippen LogP contribution is 2.29. The number of methoxy groups -OCH3 is 1. The Kier molecular flexibility index (Phi) is 5.18. The minimum absolute atomic E-state index is 0.0593. The molecule has 22 heavy (non-hydrogen) atoms. The molecule has 0 N–H and O–H groups in total. The SMILES string of the molecule is COC(=O)[C@H](OS(=O)(=O)c1ccccc1)c1ccccc1Cl. The summed E-state index contributed by atoms with van der Waals surface area (Å²) in [5.41, 5.74) is 0.218. The number of hydrogen-bond donors (Lipinski definition) is 0. The molecule has 0 spiro atoms. The second-order valence-electron chi connectivity index (χ2n) is 4.29. The first kappa shape index (κ1) is 16.5. The maximum Gasteiger partial charge on any atom is 0.341 e. The second-order valence-corrected chi connectivity index (χ2v) is 6.27. The summed E-state index contributed by atoms with van der Waals surface area (Å²) in [6.45, 7) is 0. The van der Waals surface area contributed by atoms with E-state index in [1.165, 1.54) is 24.3 Å². The summed E-state index contributed by atoms with van der Waals surface area (Å²) >= 11 is 6.01. The van der Waals surface area contributed by atoms with Crippen LogP contribution in [-0.2, 0) is 23.8 Å². The van der Waals surface area contributed by atoms with Crippen molar-refractivity contribution in [3.63, 3.8) is 0 Å². The zero-order valence-corrected chi connectivity index (χ0v) is 13.2. The highest BCUT2D eigenvalue weighted by Gasteiger charge is 2.31. The smallest absolute Gasteiger partial charge is 0.341 e. The molecule has 0 saturated carbocycles. The zero-order chi connectivity index (χ0) is 16.2. The van der Waals surface area contributed by atoms with Gasteiger partial charge in [0.1, 0.15) is 0 Å². The average Bonchev–Trinajstić information content (AvgIpc) is 2.53. The van der Waals surface area contributed by atoms with Crippen LogP contribution >= 0.6 is 11.6 Å². The predicted octanol–water partition coefficient (Wildman–Crippen LogP) is 2.96. The standard InChI is InChI=1S/C15H13ClO5S/c1-20-15(17)14(12-9-5-6-10-13(12)16)21-22(18,19)11-7-3-2-4-8-11/h2-10,14H,1H3/t14-/m1/s1. The third-order valence-corrected chi connectivity index (χ3v) is 4.50. The molecule has 0 heterocycles. The Morgan fingerprint density at radius 1 is 1.05 bits per heavy atom. The van der Waals surface area contributed by atoms with Crippen molar-refractivity contribution in [3.05, 3.63) is 65.2 Å². The van der Waals surface area contributed by atoms with E-state index < -0.39 is 22.2 Å². The summed E-state index contributed by atoms with van der Waals surface area (Å²) in [7, 11) is -3.00. The lowest BCUT2D eigenvalue weighted by Gasteiger charge is -2.16. The molecule has 116 valence electrons. The van der Waals surface area contributed by atoms with Gasteiger partial charge >= 0.3 is 5.97 Å². The quantitative estimate of drug-likeness (QED) is 0.618. The number of rotatable bonds is 5. The molecule has 1 atom stereocenters. The van der Waals surface area contributed by atoms with Crippen molar-refractivity contribution >= 4 is 27.7 Å². The van der Waals surface area contributed by atoms with E-state index >= 15 is 0 Å². The van der Waals surface area contributed by atoms with Crippen LogP contribution in [0.1, 0.15) is 11.7 Å². The zero-order valence-electron chi connectivity index (χ0n) is 11.6. The van der Waals surface area contributed by atoms with Crippen molar-refractivity contribution in [1.82, 2.24) is 0 Å². The van der Waals surface area contributed by atoms with Gasteiger partial charge in [-0.1, -0.05) is 48.0 Å². The van der Waals surface area contributed by atoms with Gasteiger partial charge in [0.25, 0.3) is 10.1 Å². The summed E-state index contributed by atoms with van der Waals surface area (Å²) in [5, 5.41) is 0.209. The van der Waals surface area contributed by atoms with Gasteiger partial charge in [-0.2, -0.15) is 8.42 Å². The number of ether oxygens (including phenoxy) is 1. The van der Waals surface area contributed by atoms with Crippen LogP contribution in [0.4, 0.5) is 0 Å². The van der Waals surface area contributed by atoms with Crippen LogP contribution in [0, 0.1) is 0 Å². The third kappa shape index (κ3) is 3.65. The van der Waals surface area contributed by atoms with E-state index in [0.717, 1.165) is 7.11 Å². The number of benzene rings is 2. The highest BCUT2D eigenvalue weighted by molar-refractivity contribution is 7.86. The fourth-order valence-corrected chi connectivity index (χ4v) is 3.05. The van der Waals surface area contributed by atoms with Crippen molar-refractivity contribution in [3.8, 4) is 0 Å². The molecular weight excluding hydrogens is 328 g/mol. The number of carbonyl (C=O) groups is 1. The van der Waals surface area contributed by atoms with E-state index in [-0.39, 0.29) is 15.5 Å². The minimum Gasteiger partial charge on any atom is -0.467 e. The van der Waals surface area contributed by atoms with Crippen molar-refractivity contribution in [2.75, 3.05) is 7.11 Å². The third-order valence-electron chi connectivity index (χ3n) is 2.86. The van der Waals surface area contributed by atoms with Crippen LogP contribution in [0.25, 0.3) is 0 Å². The molecule has 0 aliphatic rings. The van der Waals surface area contributed by atoms with Crippen molar-refractivity contribution in [1.29, 1.82) is 0 Å². The second kappa shape index (κ2) is 6.91. The Morgan fingerprint density at radius 2 is 1.64 bits per heavy atom. The van der Waals surface area contributed by atoms with Gasteiger partial charge in [-0.15, -0.1) is 0 Å². The lowest BCUT2D eigenvalue weighted by Crippen LogP contribution is -2.21. The molecule has 2 rings (SSSR count). The van der Waals surface area contributed by atoms with E-state index in [2.05, 4.69) is 4.74 Å². The lowest BCUT2D eigenvalue weighted by atomic mass is 10.1. The van der Waals surface area contributed by atoms with Gasteiger partial charge in [-0.3, -0.25) is 0 Å². The Labute approximate surface area is 133 Å². The van der Waals surface area contributed by atoms with E-state index in [4.69, 9.17) is 15.8 Å². The Morgan fingerprint density at radius 3 is 2.23 bits per heavy atom. The molecule has 0 bridgehead atoms.